The molecule has 3 nitrogen and oxygen atoms in total. The fourth-order valence-corrected chi connectivity index (χ4v) is 1.31. The number of rotatable bonds is 5. The summed E-state index contributed by atoms with van der Waals surface area (Å²) >= 11 is 4.95. The highest BCUT2D eigenvalue weighted by Crippen LogP contribution is 2.08. The minimum Gasteiger partial charge on any atom is -0.286 e. The SMILES string of the molecule is O=S(=O)(O)CCCCC(F)Cl. The van der Waals surface area contributed by atoms with Crippen molar-refractivity contribution in [3.63, 3.8) is 0 Å². The molecule has 0 amide bonds. The molecule has 1 atom stereocenters. The second kappa shape index (κ2) is 4.90. The van der Waals surface area contributed by atoms with Crippen LogP contribution in [-0.2, 0) is 10.1 Å². The number of halogens is 2. The summed E-state index contributed by atoms with van der Waals surface area (Å²) in [6.07, 6.45) is 0.730. The molecular formula is C5H10ClFO3S. The van der Waals surface area contributed by atoms with Crippen LogP contribution >= 0.6 is 11.6 Å². The lowest BCUT2D eigenvalue weighted by molar-refractivity contribution is 0.408. The molecular weight excluding hydrogens is 195 g/mol. The molecule has 6 heteroatoms. The molecule has 0 aromatic carbocycles. The van der Waals surface area contributed by atoms with Gasteiger partial charge in [-0.2, -0.15) is 8.42 Å². The molecule has 1 unspecified atom stereocenters. The van der Waals surface area contributed by atoms with Crippen molar-refractivity contribution < 1.29 is 17.4 Å². The Labute approximate surface area is 70.3 Å². The molecule has 0 saturated heterocycles. The fourth-order valence-electron chi connectivity index (χ4n) is 0.583. The molecule has 68 valence electrons. The summed E-state index contributed by atoms with van der Waals surface area (Å²) in [5, 5.41) is 0. The number of unbranched alkanes of at least 4 members (excludes halogenated alkanes) is 1. The number of alkyl halides is 2. The smallest absolute Gasteiger partial charge is 0.264 e. The quantitative estimate of drug-likeness (QED) is 0.420. The second-order valence-corrected chi connectivity index (χ2v) is 4.22. The van der Waals surface area contributed by atoms with Gasteiger partial charge in [-0.1, -0.05) is 11.6 Å². The summed E-state index contributed by atoms with van der Waals surface area (Å²) in [6, 6.07) is 0. The average Bonchev–Trinajstić information content (AvgIpc) is 1.78. The van der Waals surface area contributed by atoms with E-state index in [0.717, 1.165) is 0 Å². The van der Waals surface area contributed by atoms with Crippen molar-refractivity contribution in [1.82, 2.24) is 0 Å². The van der Waals surface area contributed by atoms with Crippen molar-refractivity contribution in [3.05, 3.63) is 0 Å². The average molecular weight is 205 g/mol. The summed E-state index contributed by atoms with van der Waals surface area (Å²) in [7, 11) is -3.89. The maximum absolute atomic E-state index is 11.9. The van der Waals surface area contributed by atoms with Gasteiger partial charge in [0.1, 0.15) is 0 Å². The third-order valence-corrected chi connectivity index (χ3v) is 2.10. The van der Waals surface area contributed by atoms with E-state index in [1.54, 1.807) is 0 Å². The van der Waals surface area contributed by atoms with Gasteiger partial charge in [0.05, 0.1) is 5.75 Å². The van der Waals surface area contributed by atoms with Crippen molar-refractivity contribution in [3.8, 4) is 0 Å². The molecule has 0 aliphatic rings. The molecule has 0 fully saturated rings. The van der Waals surface area contributed by atoms with Crippen LogP contribution in [0.3, 0.4) is 0 Å². The van der Waals surface area contributed by atoms with E-state index in [-0.39, 0.29) is 18.6 Å². The van der Waals surface area contributed by atoms with Gasteiger partial charge in [0, 0.05) is 0 Å². The van der Waals surface area contributed by atoms with Gasteiger partial charge in [-0.3, -0.25) is 4.55 Å². The Morgan fingerprint density at radius 2 is 2.00 bits per heavy atom. The van der Waals surface area contributed by atoms with E-state index in [2.05, 4.69) is 0 Å². The van der Waals surface area contributed by atoms with Gasteiger partial charge in [0.2, 0.25) is 0 Å². The standard InChI is InChI=1S/C5H10ClFO3S/c6-5(7)3-1-2-4-11(8,9)10/h5H,1-4H2,(H,8,9,10). The summed E-state index contributed by atoms with van der Waals surface area (Å²) in [4.78, 5) is 0. The van der Waals surface area contributed by atoms with Crippen LogP contribution in [0.5, 0.6) is 0 Å². The van der Waals surface area contributed by atoms with Crippen molar-refractivity contribution >= 4 is 21.7 Å². The summed E-state index contributed by atoms with van der Waals surface area (Å²) in [5.74, 6) is -0.323. The second-order valence-electron chi connectivity index (χ2n) is 2.17. The first-order valence-corrected chi connectivity index (χ1v) is 5.19. The van der Waals surface area contributed by atoms with Gasteiger partial charge in [-0.15, -0.1) is 0 Å². The molecule has 0 aliphatic heterocycles. The monoisotopic (exact) mass is 204 g/mol. The Morgan fingerprint density at radius 3 is 2.36 bits per heavy atom. The van der Waals surface area contributed by atoms with Crippen LogP contribution in [0.1, 0.15) is 19.3 Å². The molecule has 1 N–H and O–H groups in total. The van der Waals surface area contributed by atoms with Crippen molar-refractivity contribution in [2.24, 2.45) is 0 Å². The van der Waals surface area contributed by atoms with E-state index in [9.17, 15) is 12.8 Å². The molecule has 11 heavy (non-hydrogen) atoms. The molecule has 0 aliphatic carbocycles. The van der Waals surface area contributed by atoms with Crippen LogP contribution in [0.15, 0.2) is 0 Å². The Morgan fingerprint density at radius 1 is 1.45 bits per heavy atom. The highest BCUT2D eigenvalue weighted by Gasteiger charge is 2.05. The third-order valence-electron chi connectivity index (χ3n) is 1.07. The molecule has 0 heterocycles. The highest BCUT2D eigenvalue weighted by molar-refractivity contribution is 7.85. The number of hydrogen-bond donors (Lipinski definition) is 1. The van der Waals surface area contributed by atoms with Gasteiger partial charge < -0.3 is 0 Å². The van der Waals surface area contributed by atoms with Crippen molar-refractivity contribution in [1.29, 1.82) is 0 Å². The number of hydrogen-bond acceptors (Lipinski definition) is 2. The fraction of sp³-hybridized carbons (Fsp3) is 1.00. The zero-order valence-corrected chi connectivity index (χ0v) is 7.41. The predicted octanol–water partition coefficient (Wildman–Crippen LogP) is 1.58. The summed E-state index contributed by atoms with van der Waals surface area (Å²) in [6.45, 7) is 0. The zero-order valence-electron chi connectivity index (χ0n) is 5.83. The lowest BCUT2D eigenvalue weighted by Gasteiger charge is -1.98. The van der Waals surface area contributed by atoms with Crippen LogP contribution in [0, 0.1) is 0 Å². The summed E-state index contributed by atoms with van der Waals surface area (Å²) < 4.78 is 40.3. The first kappa shape index (κ1) is 11.1. The zero-order chi connectivity index (χ0) is 8.91. The van der Waals surface area contributed by atoms with E-state index >= 15 is 0 Å². The third kappa shape index (κ3) is 10.1. The van der Waals surface area contributed by atoms with Gasteiger partial charge in [-0.25, -0.2) is 4.39 Å². The van der Waals surface area contributed by atoms with Gasteiger partial charge >= 0.3 is 0 Å². The van der Waals surface area contributed by atoms with Crippen LogP contribution in [0.4, 0.5) is 4.39 Å². The van der Waals surface area contributed by atoms with Gasteiger partial charge in [0.25, 0.3) is 10.1 Å². The van der Waals surface area contributed by atoms with Gasteiger partial charge in [0.15, 0.2) is 5.63 Å². The topological polar surface area (TPSA) is 54.4 Å². The van der Waals surface area contributed by atoms with Crippen LogP contribution < -0.4 is 0 Å². The van der Waals surface area contributed by atoms with Crippen LogP contribution in [-0.4, -0.2) is 24.4 Å². The Kier molecular flexibility index (Phi) is 4.96. The molecule has 0 bridgehead atoms. The Balaban J connectivity index is 3.30. The van der Waals surface area contributed by atoms with E-state index in [0.29, 0.717) is 6.42 Å². The molecule has 0 rings (SSSR count). The maximum atomic E-state index is 11.9. The molecule has 0 spiro atoms. The maximum Gasteiger partial charge on any atom is 0.264 e. The highest BCUT2D eigenvalue weighted by atomic mass is 35.5. The lowest BCUT2D eigenvalue weighted by Crippen LogP contribution is -2.04. The molecule has 0 saturated carbocycles. The van der Waals surface area contributed by atoms with Crippen LogP contribution in [0.2, 0.25) is 0 Å². The Hall–Kier alpha value is 0.130. The van der Waals surface area contributed by atoms with E-state index in [1.165, 1.54) is 0 Å². The van der Waals surface area contributed by atoms with E-state index in [1.807, 2.05) is 0 Å². The van der Waals surface area contributed by atoms with Gasteiger partial charge in [-0.05, 0) is 19.3 Å². The van der Waals surface area contributed by atoms with E-state index in [4.69, 9.17) is 16.2 Å². The van der Waals surface area contributed by atoms with Crippen molar-refractivity contribution in [2.75, 3.05) is 5.75 Å². The summed E-state index contributed by atoms with van der Waals surface area (Å²) in [5.41, 5.74) is -1.42. The van der Waals surface area contributed by atoms with Crippen LogP contribution in [0.25, 0.3) is 0 Å². The minimum absolute atomic E-state index is 0.122. The largest absolute Gasteiger partial charge is 0.286 e. The minimum atomic E-state index is -3.89. The van der Waals surface area contributed by atoms with Crippen molar-refractivity contribution in [2.45, 2.75) is 24.9 Å². The first-order valence-electron chi connectivity index (χ1n) is 3.15. The lowest BCUT2D eigenvalue weighted by atomic mass is 10.3. The molecule has 0 radical (unpaired) electrons. The van der Waals surface area contributed by atoms with E-state index < -0.39 is 15.7 Å². The molecule has 0 aromatic rings. The predicted molar refractivity (Wildman–Crippen MR) is 41.0 cm³/mol. The first-order chi connectivity index (χ1) is 4.92. The molecule has 0 aromatic heterocycles. The normalized spacial score (nSPS) is 14.8. The Bertz CT molecular complexity index is 190.